The molecule has 0 aromatic heterocycles. The number of benzene rings is 3. The van der Waals surface area contributed by atoms with E-state index in [0.29, 0.717) is 22.5 Å². The summed E-state index contributed by atoms with van der Waals surface area (Å²) in [5, 5.41) is 9.05. The first-order valence-corrected chi connectivity index (χ1v) is 15.2. The highest BCUT2D eigenvalue weighted by molar-refractivity contribution is 8.26. The molecule has 0 saturated carbocycles. The third-order valence-corrected chi connectivity index (χ3v) is 9.76. The van der Waals surface area contributed by atoms with Crippen LogP contribution in [0.15, 0.2) is 83.8 Å². The Kier molecular flexibility index (Phi) is 9.10. The van der Waals surface area contributed by atoms with Gasteiger partial charge < -0.3 is 19.5 Å². The number of carbonyl (C=O) groups excluding carboxylic acids is 1. The molecule has 12 heteroatoms. The van der Waals surface area contributed by atoms with Gasteiger partial charge in [0.2, 0.25) is 0 Å². The number of rotatable bonds is 11. The fourth-order valence-corrected chi connectivity index (χ4v) is 7.46. The summed E-state index contributed by atoms with van der Waals surface area (Å²) in [5.41, 5.74) is -4.09. The molecule has 5 rings (SSSR count). The lowest BCUT2D eigenvalue weighted by atomic mass is 10.1. The van der Waals surface area contributed by atoms with E-state index in [-0.39, 0.29) is 39.8 Å². The van der Waals surface area contributed by atoms with Crippen molar-refractivity contribution in [1.29, 1.82) is 0 Å². The van der Waals surface area contributed by atoms with Crippen LogP contribution in [0.25, 0.3) is 6.08 Å². The summed E-state index contributed by atoms with van der Waals surface area (Å²) < 4.78 is 52.6. The minimum absolute atomic E-state index is 0.0419. The van der Waals surface area contributed by atoms with Gasteiger partial charge in [0, 0.05) is 12.0 Å². The van der Waals surface area contributed by atoms with E-state index in [9.17, 15) is 27.9 Å². The lowest BCUT2D eigenvalue weighted by Crippen LogP contribution is -2.41. The summed E-state index contributed by atoms with van der Waals surface area (Å²) in [6.45, 7) is -0.136. The van der Waals surface area contributed by atoms with E-state index >= 15 is 0 Å². The predicted octanol–water partition coefficient (Wildman–Crippen LogP) is 7.04. The maximum Gasteiger partial charge on any atom is 0.445 e. The van der Waals surface area contributed by atoms with Gasteiger partial charge in [-0.3, -0.25) is 9.59 Å². The molecule has 6 nitrogen and oxygen atoms in total. The standard InChI is InChI=1S/C29H24F3NO5S3/c30-29(31,32)41-27(20-9-5-2-6-10-20)38-22-15-19(11-12-21(22)37-14-13-18-7-3-1-4-8-18)16-23-25(36)33(17-24(34)35)26-28(39-23)40-26/h1-12,15-16,26-28H,13-14,17H2,(H,34,35)/b23-16-. The smallest absolute Gasteiger partial charge is 0.445 e. The average Bonchev–Trinajstić information content (AvgIpc) is 3.71. The van der Waals surface area contributed by atoms with Crippen LogP contribution in [0.1, 0.15) is 22.1 Å². The maximum absolute atomic E-state index is 13.5. The lowest BCUT2D eigenvalue weighted by molar-refractivity contribution is -0.142. The monoisotopic (exact) mass is 619 g/mol. The van der Waals surface area contributed by atoms with E-state index < -0.39 is 29.4 Å². The molecule has 0 aliphatic carbocycles. The molecule has 3 unspecified atom stereocenters. The molecule has 214 valence electrons. The van der Waals surface area contributed by atoms with Crippen molar-refractivity contribution in [2.75, 3.05) is 13.2 Å². The van der Waals surface area contributed by atoms with E-state index in [0.717, 1.165) is 5.56 Å². The Hall–Kier alpha value is -3.22. The summed E-state index contributed by atoms with van der Waals surface area (Å²) in [5.74, 6) is -1.14. The minimum Gasteiger partial charge on any atom is -0.489 e. The molecule has 1 N–H and O–H groups in total. The highest BCUT2D eigenvalue weighted by atomic mass is 32.2. The van der Waals surface area contributed by atoms with Crippen molar-refractivity contribution in [2.24, 2.45) is 0 Å². The predicted molar refractivity (Wildman–Crippen MR) is 156 cm³/mol. The SMILES string of the molecule is O=C(O)CN1C(=O)/C(=C/c2ccc(OCCc3ccccc3)c(OC(SC(F)(F)F)c3ccccc3)c2)SC2SC21. The number of fused-ring (bicyclic) bond motifs is 1. The molecule has 2 saturated heterocycles. The third kappa shape index (κ3) is 7.96. The number of carbonyl (C=O) groups is 2. The van der Waals surface area contributed by atoms with Crippen LogP contribution in [-0.4, -0.2) is 50.5 Å². The molecule has 0 bridgehead atoms. The van der Waals surface area contributed by atoms with E-state index in [2.05, 4.69) is 0 Å². The molecule has 2 fully saturated rings. The normalized spacial score (nSPS) is 19.9. The number of aliphatic carboxylic acids is 1. The fourth-order valence-electron chi connectivity index (χ4n) is 4.14. The molecule has 2 aliphatic rings. The van der Waals surface area contributed by atoms with Crippen molar-refractivity contribution >= 4 is 53.2 Å². The van der Waals surface area contributed by atoms with Crippen LogP contribution < -0.4 is 9.47 Å². The number of carboxylic acids is 1. The Morgan fingerprint density at radius 1 is 1.05 bits per heavy atom. The van der Waals surface area contributed by atoms with Gasteiger partial charge in [0.1, 0.15) is 11.9 Å². The molecule has 41 heavy (non-hydrogen) atoms. The quantitative estimate of drug-likeness (QED) is 0.139. The highest BCUT2D eigenvalue weighted by Crippen LogP contribution is 2.57. The molecular weight excluding hydrogens is 596 g/mol. The number of alkyl halides is 3. The van der Waals surface area contributed by atoms with E-state index in [1.165, 1.54) is 28.4 Å². The second-order valence-electron chi connectivity index (χ2n) is 9.06. The van der Waals surface area contributed by atoms with Crippen LogP contribution >= 0.6 is 35.3 Å². The van der Waals surface area contributed by atoms with Crippen LogP contribution in [0, 0.1) is 0 Å². The number of carboxylic acid groups (broad SMARTS) is 1. The van der Waals surface area contributed by atoms with Gasteiger partial charge >= 0.3 is 11.5 Å². The largest absolute Gasteiger partial charge is 0.489 e. The highest BCUT2D eigenvalue weighted by Gasteiger charge is 2.52. The first-order chi connectivity index (χ1) is 19.7. The molecule has 3 aromatic rings. The van der Waals surface area contributed by atoms with Crippen molar-refractivity contribution in [3.63, 3.8) is 0 Å². The first-order valence-electron chi connectivity index (χ1n) is 12.5. The Balaban J connectivity index is 1.43. The van der Waals surface area contributed by atoms with Crippen molar-refractivity contribution in [1.82, 2.24) is 4.90 Å². The number of amides is 1. The van der Waals surface area contributed by atoms with Crippen molar-refractivity contribution in [3.8, 4) is 11.5 Å². The van der Waals surface area contributed by atoms with Gasteiger partial charge in [-0.25, -0.2) is 0 Å². The average molecular weight is 620 g/mol. The molecule has 3 aromatic carbocycles. The fraction of sp³-hybridized carbons (Fsp3) is 0.241. The van der Waals surface area contributed by atoms with Crippen molar-refractivity contribution in [2.45, 2.75) is 27.3 Å². The van der Waals surface area contributed by atoms with E-state index in [1.54, 1.807) is 54.6 Å². The maximum atomic E-state index is 13.5. The third-order valence-electron chi connectivity index (χ3n) is 6.06. The second-order valence-corrected chi connectivity index (χ2v) is 12.9. The Morgan fingerprint density at radius 2 is 1.76 bits per heavy atom. The van der Waals surface area contributed by atoms with Gasteiger partial charge in [-0.05, 0) is 41.1 Å². The van der Waals surface area contributed by atoms with Gasteiger partial charge in [-0.15, -0.1) is 23.5 Å². The zero-order valence-corrected chi connectivity index (χ0v) is 23.8. The number of hydrogen-bond acceptors (Lipinski definition) is 7. The van der Waals surface area contributed by atoms with Gasteiger partial charge in [0.15, 0.2) is 16.9 Å². The Bertz CT molecular complexity index is 1420. The minimum atomic E-state index is -4.56. The van der Waals surface area contributed by atoms with Gasteiger partial charge in [0.25, 0.3) is 5.91 Å². The number of nitrogens with zero attached hydrogens (tertiary/aromatic N) is 1. The zero-order valence-electron chi connectivity index (χ0n) is 21.3. The van der Waals surface area contributed by atoms with Crippen LogP contribution in [0.2, 0.25) is 0 Å². The lowest BCUT2D eigenvalue weighted by Gasteiger charge is -2.25. The molecule has 2 aliphatic heterocycles. The summed E-state index contributed by atoms with van der Waals surface area (Å²) in [7, 11) is 0. The number of ether oxygens (including phenoxy) is 2. The van der Waals surface area contributed by atoms with Crippen LogP contribution in [0.4, 0.5) is 13.2 Å². The first kappa shape index (κ1) is 29.3. The number of hydrogen-bond donors (Lipinski definition) is 1. The summed E-state index contributed by atoms with van der Waals surface area (Å²) in [4.78, 5) is 26.0. The Morgan fingerprint density at radius 3 is 2.44 bits per heavy atom. The van der Waals surface area contributed by atoms with Gasteiger partial charge in [-0.1, -0.05) is 66.7 Å². The second kappa shape index (κ2) is 12.7. The van der Waals surface area contributed by atoms with Crippen molar-refractivity contribution in [3.05, 3.63) is 100 Å². The van der Waals surface area contributed by atoms with E-state index in [1.807, 2.05) is 30.3 Å². The summed E-state index contributed by atoms with van der Waals surface area (Å²) >= 11 is 2.57. The van der Waals surface area contributed by atoms with Crippen molar-refractivity contribution < 1.29 is 37.3 Å². The number of thioether (sulfide) groups is 3. The molecule has 0 spiro atoms. The molecule has 1 amide bonds. The van der Waals surface area contributed by atoms with E-state index in [4.69, 9.17) is 9.47 Å². The molecular formula is C29H24F3NO5S3. The number of halogens is 3. The summed E-state index contributed by atoms with van der Waals surface area (Å²) in [6.07, 6.45) is 2.18. The summed E-state index contributed by atoms with van der Waals surface area (Å²) in [6, 6.07) is 22.6. The zero-order chi connectivity index (χ0) is 29.0. The molecule has 3 atom stereocenters. The Labute approximate surface area is 247 Å². The molecule has 2 heterocycles. The molecule has 0 radical (unpaired) electrons. The van der Waals surface area contributed by atoms with Gasteiger partial charge in [-0.2, -0.15) is 13.2 Å². The topological polar surface area (TPSA) is 76.1 Å². The van der Waals surface area contributed by atoms with Crippen LogP contribution in [0.5, 0.6) is 11.5 Å². The van der Waals surface area contributed by atoms with Crippen LogP contribution in [0.3, 0.4) is 0 Å². The van der Waals surface area contributed by atoms with Gasteiger partial charge in [0.05, 0.1) is 16.1 Å². The van der Waals surface area contributed by atoms with Crippen LogP contribution in [-0.2, 0) is 16.0 Å².